The van der Waals surface area contributed by atoms with Gasteiger partial charge in [0.15, 0.2) is 0 Å². The molecule has 0 spiro atoms. The van der Waals surface area contributed by atoms with Crippen LogP contribution in [-0.2, 0) is 4.74 Å². The molecular formula is C10H22N2O. The Bertz CT molecular complexity index is 151. The van der Waals surface area contributed by atoms with Crippen molar-refractivity contribution in [1.29, 1.82) is 0 Å². The van der Waals surface area contributed by atoms with Crippen LogP contribution in [0.4, 0.5) is 0 Å². The van der Waals surface area contributed by atoms with Crippen LogP contribution in [0.2, 0.25) is 0 Å². The summed E-state index contributed by atoms with van der Waals surface area (Å²) in [4.78, 5) is 2.51. The van der Waals surface area contributed by atoms with Gasteiger partial charge in [0.25, 0.3) is 0 Å². The Kier molecular flexibility index (Phi) is 3.71. The second-order valence-electron chi connectivity index (χ2n) is 4.72. The molecule has 0 aromatic rings. The van der Waals surface area contributed by atoms with Gasteiger partial charge in [-0.25, -0.2) is 0 Å². The fraction of sp³-hybridized carbons (Fsp3) is 1.00. The maximum Gasteiger partial charge on any atom is 0.0628 e. The smallest absolute Gasteiger partial charge is 0.0628 e. The Hall–Kier alpha value is -0.120. The predicted molar refractivity (Wildman–Crippen MR) is 55.0 cm³/mol. The molecule has 1 aliphatic heterocycles. The second-order valence-corrected chi connectivity index (χ2v) is 4.72. The Labute approximate surface area is 81.4 Å². The Morgan fingerprint density at radius 2 is 2.15 bits per heavy atom. The van der Waals surface area contributed by atoms with E-state index in [0.717, 1.165) is 26.2 Å². The largest absolute Gasteiger partial charge is 0.383 e. The number of hydrogen-bond acceptors (Lipinski definition) is 3. The van der Waals surface area contributed by atoms with E-state index in [1.54, 1.807) is 7.11 Å². The number of nitrogens with zero attached hydrogens (tertiary/aromatic N) is 1. The van der Waals surface area contributed by atoms with Crippen molar-refractivity contribution in [3.63, 3.8) is 0 Å². The molecule has 1 rings (SSSR count). The third-order valence-electron chi connectivity index (χ3n) is 2.57. The van der Waals surface area contributed by atoms with Crippen molar-refractivity contribution in [1.82, 2.24) is 10.2 Å². The summed E-state index contributed by atoms with van der Waals surface area (Å²) < 4.78 is 5.15. The lowest BCUT2D eigenvalue weighted by Crippen LogP contribution is -2.57. The molecule has 1 heterocycles. The van der Waals surface area contributed by atoms with Gasteiger partial charge in [-0.3, -0.25) is 4.90 Å². The highest BCUT2D eigenvalue weighted by molar-refractivity contribution is 4.85. The number of hydrogen-bond donors (Lipinski definition) is 1. The minimum absolute atomic E-state index is 0.286. The van der Waals surface area contributed by atoms with Gasteiger partial charge in [0, 0.05) is 38.3 Å². The third kappa shape index (κ3) is 3.25. The van der Waals surface area contributed by atoms with Crippen LogP contribution in [0.25, 0.3) is 0 Å². The van der Waals surface area contributed by atoms with Crippen molar-refractivity contribution in [2.45, 2.75) is 32.4 Å². The first-order valence-corrected chi connectivity index (χ1v) is 5.01. The molecule has 1 fully saturated rings. The van der Waals surface area contributed by atoms with Crippen LogP contribution in [0.3, 0.4) is 0 Å². The van der Waals surface area contributed by atoms with Crippen LogP contribution in [-0.4, -0.2) is 49.8 Å². The molecule has 0 unspecified atom stereocenters. The summed E-state index contributed by atoms with van der Waals surface area (Å²) in [7, 11) is 1.76. The molecule has 78 valence electrons. The average molecular weight is 186 g/mol. The van der Waals surface area contributed by atoms with Gasteiger partial charge in [-0.2, -0.15) is 0 Å². The number of ether oxygens (including phenoxy) is 1. The van der Waals surface area contributed by atoms with Crippen LogP contribution in [0.15, 0.2) is 0 Å². The standard InChI is InChI=1S/C10H22N2O/c1-10(2,3)12-6-5-11-9(7-12)8-13-4/h9,11H,5-8H2,1-4H3/t9-/m1/s1. The van der Waals surface area contributed by atoms with Gasteiger partial charge in [-0.1, -0.05) is 0 Å². The summed E-state index contributed by atoms with van der Waals surface area (Å²) in [6.45, 7) is 10.9. The molecule has 3 heteroatoms. The third-order valence-corrected chi connectivity index (χ3v) is 2.57. The summed E-state index contributed by atoms with van der Waals surface area (Å²) in [5, 5.41) is 3.46. The van der Waals surface area contributed by atoms with E-state index < -0.39 is 0 Å². The van der Waals surface area contributed by atoms with E-state index in [9.17, 15) is 0 Å². The fourth-order valence-electron chi connectivity index (χ4n) is 1.75. The molecule has 13 heavy (non-hydrogen) atoms. The number of piperazine rings is 1. The average Bonchev–Trinajstić information content (AvgIpc) is 2.04. The van der Waals surface area contributed by atoms with Crippen molar-refractivity contribution in [3.8, 4) is 0 Å². The molecule has 0 aromatic heterocycles. The summed E-state index contributed by atoms with van der Waals surface area (Å²) in [5.74, 6) is 0. The van der Waals surface area contributed by atoms with Gasteiger partial charge in [0.1, 0.15) is 0 Å². The van der Waals surface area contributed by atoms with Gasteiger partial charge in [0.05, 0.1) is 6.61 Å². The Morgan fingerprint density at radius 1 is 1.46 bits per heavy atom. The molecule has 0 saturated carbocycles. The molecule has 1 saturated heterocycles. The molecule has 0 amide bonds. The molecular weight excluding hydrogens is 164 g/mol. The van der Waals surface area contributed by atoms with Crippen LogP contribution in [0.1, 0.15) is 20.8 Å². The Morgan fingerprint density at radius 3 is 2.69 bits per heavy atom. The SMILES string of the molecule is COC[C@H]1CN(C(C)(C)C)CCN1. The van der Waals surface area contributed by atoms with Crippen LogP contribution >= 0.6 is 0 Å². The number of rotatable bonds is 2. The van der Waals surface area contributed by atoms with Gasteiger partial charge in [-0.05, 0) is 20.8 Å². The molecule has 3 nitrogen and oxygen atoms in total. The van der Waals surface area contributed by atoms with E-state index in [1.165, 1.54) is 0 Å². The molecule has 1 aliphatic rings. The zero-order chi connectivity index (χ0) is 9.90. The minimum Gasteiger partial charge on any atom is -0.383 e. The number of nitrogens with one attached hydrogen (secondary N) is 1. The summed E-state index contributed by atoms with van der Waals surface area (Å²) >= 11 is 0. The van der Waals surface area contributed by atoms with Crippen molar-refractivity contribution in [2.75, 3.05) is 33.4 Å². The second kappa shape index (κ2) is 4.40. The van der Waals surface area contributed by atoms with E-state index in [-0.39, 0.29) is 5.54 Å². The van der Waals surface area contributed by atoms with Crippen molar-refractivity contribution < 1.29 is 4.74 Å². The lowest BCUT2D eigenvalue weighted by molar-refractivity contribution is 0.0643. The molecule has 0 aliphatic carbocycles. The first kappa shape index (κ1) is 11.0. The zero-order valence-electron chi connectivity index (χ0n) is 9.26. The maximum atomic E-state index is 5.15. The molecule has 0 radical (unpaired) electrons. The first-order chi connectivity index (χ1) is 6.04. The van der Waals surface area contributed by atoms with E-state index in [1.807, 2.05) is 0 Å². The van der Waals surface area contributed by atoms with Crippen molar-refractivity contribution in [3.05, 3.63) is 0 Å². The van der Waals surface area contributed by atoms with E-state index >= 15 is 0 Å². The first-order valence-electron chi connectivity index (χ1n) is 5.01. The lowest BCUT2D eigenvalue weighted by Gasteiger charge is -2.41. The Balaban J connectivity index is 2.42. The van der Waals surface area contributed by atoms with Crippen molar-refractivity contribution >= 4 is 0 Å². The van der Waals surface area contributed by atoms with E-state index in [2.05, 4.69) is 31.0 Å². The van der Waals surface area contributed by atoms with E-state index in [0.29, 0.717) is 6.04 Å². The molecule has 1 atom stereocenters. The highest BCUT2D eigenvalue weighted by Gasteiger charge is 2.27. The zero-order valence-corrected chi connectivity index (χ0v) is 9.26. The van der Waals surface area contributed by atoms with Gasteiger partial charge < -0.3 is 10.1 Å². The van der Waals surface area contributed by atoms with Crippen LogP contribution < -0.4 is 5.32 Å². The normalized spacial score (nSPS) is 26.3. The summed E-state index contributed by atoms with van der Waals surface area (Å²) in [5.41, 5.74) is 0.286. The predicted octanol–water partition coefficient (Wildman–Crippen LogP) is 0.705. The maximum absolute atomic E-state index is 5.15. The summed E-state index contributed by atoms with van der Waals surface area (Å²) in [6.07, 6.45) is 0. The minimum atomic E-state index is 0.286. The van der Waals surface area contributed by atoms with Gasteiger partial charge in [-0.15, -0.1) is 0 Å². The highest BCUT2D eigenvalue weighted by Crippen LogP contribution is 2.15. The van der Waals surface area contributed by atoms with E-state index in [4.69, 9.17) is 4.74 Å². The van der Waals surface area contributed by atoms with Gasteiger partial charge in [0.2, 0.25) is 0 Å². The van der Waals surface area contributed by atoms with Crippen LogP contribution in [0, 0.1) is 0 Å². The summed E-state index contributed by atoms with van der Waals surface area (Å²) in [6, 6.07) is 0.498. The topological polar surface area (TPSA) is 24.5 Å². The quantitative estimate of drug-likeness (QED) is 0.687. The number of methoxy groups -OCH3 is 1. The molecule has 0 aromatic carbocycles. The van der Waals surface area contributed by atoms with Crippen molar-refractivity contribution in [2.24, 2.45) is 0 Å². The molecule has 1 N–H and O–H groups in total. The lowest BCUT2D eigenvalue weighted by atomic mass is 10.0. The highest BCUT2D eigenvalue weighted by atomic mass is 16.5. The molecule has 0 bridgehead atoms. The monoisotopic (exact) mass is 186 g/mol. The fourth-order valence-corrected chi connectivity index (χ4v) is 1.75. The van der Waals surface area contributed by atoms with Crippen LogP contribution in [0.5, 0.6) is 0 Å². The van der Waals surface area contributed by atoms with Gasteiger partial charge >= 0.3 is 0 Å².